The number of aromatic nitrogens is 1. The molecule has 0 saturated heterocycles. The van der Waals surface area contributed by atoms with E-state index in [0.717, 1.165) is 38.7 Å². The first-order valence-electron chi connectivity index (χ1n) is 7.16. The van der Waals surface area contributed by atoms with E-state index in [9.17, 15) is 0 Å². The van der Waals surface area contributed by atoms with Gasteiger partial charge in [0.25, 0.3) is 0 Å². The molecule has 0 radical (unpaired) electrons. The average Bonchev–Trinajstić information content (AvgIpc) is 2.93. The van der Waals surface area contributed by atoms with Gasteiger partial charge in [-0.1, -0.05) is 48.3 Å². The molecule has 1 N–H and O–H groups in total. The minimum absolute atomic E-state index is 0.0486. The number of hydrogen-bond donors (Lipinski definition) is 1. The molecule has 0 aliphatic heterocycles. The van der Waals surface area contributed by atoms with Gasteiger partial charge in [0.05, 0.1) is 11.7 Å². The van der Waals surface area contributed by atoms with Gasteiger partial charge in [0.15, 0.2) is 0 Å². The molecule has 2 nitrogen and oxygen atoms in total. The lowest BCUT2D eigenvalue weighted by molar-refractivity contribution is 0.593. The van der Waals surface area contributed by atoms with Crippen LogP contribution in [0.4, 0.5) is 0 Å². The van der Waals surface area contributed by atoms with Crippen LogP contribution in [-0.2, 0) is 0 Å². The molecule has 0 fully saturated rings. The van der Waals surface area contributed by atoms with Crippen LogP contribution < -0.4 is 5.32 Å². The van der Waals surface area contributed by atoms with Crippen LogP contribution in [0.25, 0.3) is 0 Å². The fourth-order valence-electron chi connectivity index (χ4n) is 2.05. The summed E-state index contributed by atoms with van der Waals surface area (Å²) in [6.07, 6.45) is 1.07. The van der Waals surface area contributed by atoms with Crippen molar-refractivity contribution in [2.75, 3.05) is 6.54 Å². The Labute approximate surface area is 144 Å². The summed E-state index contributed by atoms with van der Waals surface area (Å²) >= 11 is 11.6. The Balaban J connectivity index is 2.39. The Morgan fingerprint density at radius 2 is 2.14 bits per heavy atom. The third kappa shape index (κ3) is 4.28. The monoisotopic (exact) mass is 386 g/mol. The molecule has 0 amide bonds. The van der Waals surface area contributed by atoms with Crippen LogP contribution in [0, 0.1) is 0 Å². The van der Waals surface area contributed by atoms with E-state index in [1.54, 1.807) is 11.3 Å². The van der Waals surface area contributed by atoms with E-state index in [2.05, 4.69) is 53.5 Å². The molecule has 114 valence electrons. The number of nitrogens with zero attached hydrogens (tertiary/aromatic N) is 1. The SMILES string of the molecule is CCCNC(c1nc(C(C)C)cs1)c1cc(Br)ccc1Cl. The Kier molecular flexibility index (Phi) is 6.23. The van der Waals surface area contributed by atoms with Crippen LogP contribution in [0.3, 0.4) is 0 Å². The maximum Gasteiger partial charge on any atom is 0.114 e. The molecule has 2 rings (SSSR count). The van der Waals surface area contributed by atoms with Gasteiger partial charge in [0.1, 0.15) is 5.01 Å². The van der Waals surface area contributed by atoms with Crippen molar-refractivity contribution in [2.24, 2.45) is 0 Å². The van der Waals surface area contributed by atoms with Crippen molar-refractivity contribution < 1.29 is 0 Å². The molecular weight excluding hydrogens is 368 g/mol. The molecule has 21 heavy (non-hydrogen) atoms. The van der Waals surface area contributed by atoms with Crippen LogP contribution in [0.15, 0.2) is 28.1 Å². The van der Waals surface area contributed by atoms with Crippen molar-refractivity contribution in [2.45, 2.75) is 39.2 Å². The smallest absolute Gasteiger partial charge is 0.114 e. The highest BCUT2D eigenvalue weighted by atomic mass is 79.9. The topological polar surface area (TPSA) is 24.9 Å². The minimum Gasteiger partial charge on any atom is -0.304 e. The first-order chi connectivity index (χ1) is 10.0. The van der Waals surface area contributed by atoms with Gasteiger partial charge in [-0.05, 0) is 42.6 Å². The van der Waals surface area contributed by atoms with E-state index < -0.39 is 0 Å². The van der Waals surface area contributed by atoms with Crippen LogP contribution in [0.1, 0.15) is 55.4 Å². The van der Waals surface area contributed by atoms with Crippen molar-refractivity contribution in [3.05, 3.63) is 49.3 Å². The zero-order valence-electron chi connectivity index (χ0n) is 12.5. The van der Waals surface area contributed by atoms with Gasteiger partial charge < -0.3 is 5.32 Å². The zero-order chi connectivity index (χ0) is 15.4. The summed E-state index contributed by atoms with van der Waals surface area (Å²) in [4.78, 5) is 4.79. The van der Waals surface area contributed by atoms with Crippen molar-refractivity contribution >= 4 is 38.9 Å². The van der Waals surface area contributed by atoms with Crippen molar-refractivity contribution in [1.82, 2.24) is 10.3 Å². The highest BCUT2D eigenvalue weighted by Gasteiger charge is 2.20. The number of nitrogens with one attached hydrogen (secondary N) is 1. The predicted molar refractivity (Wildman–Crippen MR) is 95.5 cm³/mol. The summed E-state index contributed by atoms with van der Waals surface area (Å²) in [5.74, 6) is 0.444. The molecule has 1 unspecified atom stereocenters. The molecule has 2 aromatic rings. The fourth-order valence-corrected chi connectivity index (χ4v) is 3.73. The Morgan fingerprint density at radius 1 is 1.38 bits per heavy atom. The number of rotatable bonds is 6. The number of benzene rings is 1. The fraction of sp³-hybridized carbons (Fsp3) is 0.438. The third-order valence-electron chi connectivity index (χ3n) is 3.25. The lowest BCUT2D eigenvalue weighted by Gasteiger charge is -2.18. The van der Waals surface area contributed by atoms with E-state index >= 15 is 0 Å². The molecule has 0 aliphatic rings. The first kappa shape index (κ1) is 16.9. The second-order valence-electron chi connectivity index (χ2n) is 5.32. The van der Waals surface area contributed by atoms with E-state index in [1.807, 2.05) is 12.1 Å². The second-order valence-corrected chi connectivity index (χ2v) is 7.53. The predicted octanol–water partition coefficient (Wildman–Crippen LogP) is 5.77. The van der Waals surface area contributed by atoms with Crippen LogP contribution in [0.5, 0.6) is 0 Å². The lowest BCUT2D eigenvalue weighted by Crippen LogP contribution is -2.23. The molecule has 5 heteroatoms. The molecular formula is C16H20BrClN2S. The highest BCUT2D eigenvalue weighted by Crippen LogP contribution is 2.33. The van der Waals surface area contributed by atoms with Gasteiger partial charge in [-0.2, -0.15) is 0 Å². The van der Waals surface area contributed by atoms with Gasteiger partial charge >= 0.3 is 0 Å². The standard InChI is InChI=1S/C16H20BrClN2S/c1-4-7-19-15(12-8-11(17)5-6-13(12)18)16-20-14(9-21-16)10(2)3/h5-6,8-10,15,19H,4,7H2,1-3H3. The molecule has 1 aromatic heterocycles. The lowest BCUT2D eigenvalue weighted by atomic mass is 10.1. The van der Waals surface area contributed by atoms with Gasteiger partial charge in [0, 0.05) is 14.9 Å². The second kappa shape index (κ2) is 7.73. The highest BCUT2D eigenvalue weighted by molar-refractivity contribution is 9.10. The Morgan fingerprint density at radius 3 is 2.76 bits per heavy atom. The zero-order valence-corrected chi connectivity index (χ0v) is 15.6. The molecule has 0 saturated carbocycles. The quantitative estimate of drug-likeness (QED) is 0.680. The van der Waals surface area contributed by atoms with Gasteiger partial charge in [-0.25, -0.2) is 4.98 Å². The molecule has 0 spiro atoms. The summed E-state index contributed by atoms with van der Waals surface area (Å²) in [7, 11) is 0. The Bertz CT molecular complexity index is 598. The molecule has 1 atom stereocenters. The number of thiazole rings is 1. The van der Waals surface area contributed by atoms with Crippen LogP contribution in [0.2, 0.25) is 5.02 Å². The normalized spacial score (nSPS) is 12.9. The molecule has 1 aromatic carbocycles. The average molecular weight is 388 g/mol. The van der Waals surface area contributed by atoms with Gasteiger partial charge in [0.2, 0.25) is 0 Å². The molecule has 0 aliphatic carbocycles. The maximum atomic E-state index is 6.41. The van der Waals surface area contributed by atoms with E-state index in [4.69, 9.17) is 16.6 Å². The summed E-state index contributed by atoms with van der Waals surface area (Å²) in [6, 6.07) is 6.02. The van der Waals surface area contributed by atoms with Gasteiger partial charge in [-0.3, -0.25) is 0 Å². The van der Waals surface area contributed by atoms with Crippen molar-refractivity contribution in [1.29, 1.82) is 0 Å². The minimum atomic E-state index is 0.0486. The summed E-state index contributed by atoms with van der Waals surface area (Å²) in [5, 5.41) is 7.56. The molecule has 0 bridgehead atoms. The first-order valence-corrected chi connectivity index (χ1v) is 9.21. The van der Waals surface area contributed by atoms with Crippen LogP contribution >= 0.6 is 38.9 Å². The summed E-state index contributed by atoms with van der Waals surface area (Å²) in [6.45, 7) is 7.43. The maximum absolute atomic E-state index is 6.41. The number of hydrogen-bond acceptors (Lipinski definition) is 3. The Hall–Kier alpha value is -0.420. The summed E-state index contributed by atoms with van der Waals surface area (Å²) < 4.78 is 1.03. The third-order valence-corrected chi connectivity index (χ3v) is 5.01. The summed E-state index contributed by atoms with van der Waals surface area (Å²) in [5.41, 5.74) is 2.22. The van der Waals surface area contributed by atoms with Crippen molar-refractivity contribution in [3.63, 3.8) is 0 Å². The van der Waals surface area contributed by atoms with E-state index in [-0.39, 0.29) is 6.04 Å². The van der Waals surface area contributed by atoms with Gasteiger partial charge in [-0.15, -0.1) is 11.3 Å². The molecule has 1 heterocycles. The van der Waals surface area contributed by atoms with Crippen molar-refractivity contribution in [3.8, 4) is 0 Å². The number of halogens is 2. The largest absolute Gasteiger partial charge is 0.304 e. The van der Waals surface area contributed by atoms with E-state index in [1.165, 1.54) is 0 Å². The van der Waals surface area contributed by atoms with Crippen LogP contribution in [-0.4, -0.2) is 11.5 Å². The van der Waals surface area contributed by atoms with E-state index in [0.29, 0.717) is 5.92 Å².